The molecule has 84 valence electrons. The van der Waals surface area contributed by atoms with Gasteiger partial charge in [0.2, 0.25) is 0 Å². The van der Waals surface area contributed by atoms with E-state index in [0.717, 1.165) is 23.4 Å². The van der Waals surface area contributed by atoms with Crippen molar-refractivity contribution in [3.63, 3.8) is 0 Å². The smallest absolute Gasteiger partial charge is 0.0543 e. The molecule has 0 aliphatic rings. The van der Waals surface area contributed by atoms with Crippen LogP contribution in [0.3, 0.4) is 0 Å². The van der Waals surface area contributed by atoms with Crippen molar-refractivity contribution in [3.05, 3.63) is 34.9 Å². The van der Waals surface area contributed by atoms with Crippen LogP contribution in [-0.2, 0) is 4.74 Å². The summed E-state index contributed by atoms with van der Waals surface area (Å²) in [5.41, 5.74) is 7.08. The van der Waals surface area contributed by atoms with Gasteiger partial charge in [0, 0.05) is 18.2 Å². The molecule has 0 aromatic heterocycles. The minimum atomic E-state index is -0.00343. The molecule has 1 rings (SSSR count). The lowest BCUT2D eigenvalue weighted by atomic mass is 10.0. The fourth-order valence-electron chi connectivity index (χ4n) is 1.46. The van der Waals surface area contributed by atoms with Gasteiger partial charge in [0.15, 0.2) is 0 Å². The van der Waals surface area contributed by atoms with Crippen LogP contribution in [0.25, 0.3) is 0 Å². The number of benzene rings is 1. The van der Waals surface area contributed by atoms with Crippen LogP contribution in [0.15, 0.2) is 24.3 Å². The Morgan fingerprint density at radius 2 is 2.00 bits per heavy atom. The molecule has 2 unspecified atom stereocenters. The van der Waals surface area contributed by atoms with Gasteiger partial charge in [-0.3, -0.25) is 0 Å². The Labute approximate surface area is 96.4 Å². The maximum absolute atomic E-state index is 6.06. The quantitative estimate of drug-likeness (QED) is 0.839. The first-order valence-electron chi connectivity index (χ1n) is 5.18. The Bertz CT molecular complexity index is 303. The summed E-state index contributed by atoms with van der Waals surface area (Å²) in [6, 6.07) is 7.72. The number of rotatable bonds is 5. The minimum Gasteiger partial charge on any atom is -0.382 e. The lowest BCUT2D eigenvalue weighted by molar-refractivity contribution is 0.107. The second kappa shape index (κ2) is 6.11. The Balaban J connectivity index is 2.54. The average Bonchev–Trinajstić information content (AvgIpc) is 2.26. The molecule has 0 spiro atoms. The van der Waals surface area contributed by atoms with Gasteiger partial charge in [-0.25, -0.2) is 0 Å². The van der Waals surface area contributed by atoms with Crippen molar-refractivity contribution < 1.29 is 4.74 Å². The molecule has 0 bridgehead atoms. The van der Waals surface area contributed by atoms with E-state index in [0.29, 0.717) is 0 Å². The van der Waals surface area contributed by atoms with Gasteiger partial charge in [0.1, 0.15) is 0 Å². The predicted octanol–water partition coefficient (Wildman–Crippen LogP) is 3.15. The third-order valence-electron chi connectivity index (χ3n) is 2.59. The van der Waals surface area contributed by atoms with Gasteiger partial charge >= 0.3 is 0 Å². The van der Waals surface area contributed by atoms with Crippen LogP contribution in [-0.4, -0.2) is 13.2 Å². The van der Waals surface area contributed by atoms with E-state index in [1.807, 2.05) is 31.2 Å². The molecule has 2 N–H and O–H groups in total. The summed E-state index contributed by atoms with van der Waals surface area (Å²) in [7, 11) is 1.71. The maximum atomic E-state index is 6.06. The van der Waals surface area contributed by atoms with Crippen LogP contribution in [0.1, 0.15) is 31.4 Å². The van der Waals surface area contributed by atoms with Crippen molar-refractivity contribution >= 4 is 11.6 Å². The van der Waals surface area contributed by atoms with Crippen molar-refractivity contribution in [3.8, 4) is 0 Å². The number of methoxy groups -OCH3 is 1. The first kappa shape index (κ1) is 12.5. The van der Waals surface area contributed by atoms with E-state index in [1.165, 1.54) is 0 Å². The molecule has 0 saturated carbocycles. The Morgan fingerprint density at radius 3 is 2.60 bits per heavy atom. The van der Waals surface area contributed by atoms with Crippen LogP contribution in [0.5, 0.6) is 0 Å². The van der Waals surface area contributed by atoms with Gasteiger partial charge in [-0.2, -0.15) is 0 Å². The van der Waals surface area contributed by atoms with Gasteiger partial charge < -0.3 is 10.5 Å². The van der Waals surface area contributed by atoms with Gasteiger partial charge in [0.05, 0.1) is 6.10 Å². The van der Waals surface area contributed by atoms with E-state index in [4.69, 9.17) is 22.1 Å². The van der Waals surface area contributed by atoms with Crippen LogP contribution in [0, 0.1) is 0 Å². The van der Waals surface area contributed by atoms with Crippen molar-refractivity contribution in [1.29, 1.82) is 0 Å². The zero-order valence-corrected chi connectivity index (χ0v) is 10.00. The van der Waals surface area contributed by atoms with E-state index in [-0.39, 0.29) is 12.1 Å². The summed E-state index contributed by atoms with van der Waals surface area (Å²) in [4.78, 5) is 0. The van der Waals surface area contributed by atoms with E-state index in [2.05, 4.69) is 0 Å². The number of nitrogens with two attached hydrogens (primary N) is 1. The standard InChI is InChI=1S/C12H18ClNO/c1-9(15-2)7-8-12(14)10-5-3-4-6-11(10)13/h3-6,9,12H,7-8,14H2,1-2H3. The monoisotopic (exact) mass is 227 g/mol. The predicted molar refractivity (Wildman–Crippen MR) is 64.1 cm³/mol. The lowest BCUT2D eigenvalue weighted by Gasteiger charge is -2.15. The highest BCUT2D eigenvalue weighted by Gasteiger charge is 2.10. The second-order valence-electron chi connectivity index (χ2n) is 3.75. The van der Waals surface area contributed by atoms with Crippen LogP contribution < -0.4 is 5.73 Å². The number of ether oxygens (including phenoxy) is 1. The summed E-state index contributed by atoms with van der Waals surface area (Å²) in [5, 5.41) is 0.745. The molecule has 0 radical (unpaired) electrons. The van der Waals surface area contributed by atoms with Crippen molar-refractivity contribution in [2.45, 2.75) is 31.9 Å². The lowest BCUT2D eigenvalue weighted by Crippen LogP contribution is -2.14. The summed E-state index contributed by atoms with van der Waals surface area (Å²) in [6.45, 7) is 2.04. The molecule has 0 fully saturated rings. The van der Waals surface area contributed by atoms with Crippen LogP contribution >= 0.6 is 11.6 Å². The SMILES string of the molecule is COC(C)CCC(N)c1ccccc1Cl. The molecule has 2 atom stereocenters. The Hall–Kier alpha value is -0.570. The zero-order valence-electron chi connectivity index (χ0n) is 9.24. The molecule has 1 aromatic carbocycles. The first-order valence-corrected chi connectivity index (χ1v) is 5.55. The number of halogens is 1. The molecule has 0 saturated heterocycles. The molecule has 0 aliphatic heterocycles. The molecule has 0 heterocycles. The maximum Gasteiger partial charge on any atom is 0.0543 e. The molecule has 1 aromatic rings. The van der Waals surface area contributed by atoms with E-state index in [1.54, 1.807) is 7.11 Å². The van der Waals surface area contributed by atoms with Gasteiger partial charge in [-0.05, 0) is 31.4 Å². The zero-order chi connectivity index (χ0) is 11.3. The summed E-state index contributed by atoms with van der Waals surface area (Å²) in [6.07, 6.45) is 2.08. The highest BCUT2D eigenvalue weighted by molar-refractivity contribution is 6.31. The number of hydrogen-bond acceptors (Lipinski definition) is 2. The molecule has 15 heavy (non-hydrogen) atoms. The molecular formula is C12H18ClNO. The van der Waals surface area contributed by atoms with Gasteiger partial charge in [-0.1, -0.05) is 29.8 Å². The molecule has 3 heteroatoms. The largest absolute Gasteiger partial charge is 0.382 e. The topological polar surface area (TPSA) is 35.2 Å². The van der Waals surface area contributed by atoms with Crippen molar-refractivity contribution in [2.24, 2.45) is 5.73 Å². The Morgan fingerprint density at radius 1 is 1.33 bits per heavy atom. The third-order valence-corrected chi connectivity index (χ3v) is 2.94. The minimum absolute atomic E-state index is 0.00343. The van der Waals surface area contributed by atoms with Gasteiger partial charge in [0.25, 0.3) is 0 Å². The fraction of sp³-hybridized carbons (Fsp3) is 0.500. The molecule has 0 aliphatic carbocycles. The van der Waals surface area contributed by atoms with Crippen molar-refractivity contribution in [1.82, 2.24) is 0 Å². The molecule has 2 nitrogen and oxygen atoms in total. The normalized spacial score (nSPS) is 14.9. The summed E-state index contributed by atoms with van der Waals surface area (Å²) >= 11 is 6.06. The van der Waals surface area contributed by atoms with Crippen LogP contribution in [0.4, 0.5) is 0 Å². The third kappa shape index (κ3) is 3.82. The Kier molecular flexibility index (Phi) is 5.09. The van der Waals surface area contributed by atoms with E-state index < -0.39 is 0 Å². The number of hydrogen-bond donors (Lipinski definition) is 1. The highest BCUT2D eigenvalue weighted by atomic mass is 35.5. The van der Waals surface area contributed by atoms with Gasteiger partial charge in [-0.15, -0.1) is 0 Å². The summed E-state index contributed by atoms with van der Waals surface area (Å²) < 4.78 is 5.18. The highest BCUT2D eigenvalue weighted by Crippen LogP contribution is 2.24. The van der Waals surface area contributed by atoms with Crippen molar-refractivity contribution in [2.75, 3.05) is 7.11 Å². The fourth-order valence-corrected chi connectivity index (χ4v) is 1.74. The first-order chi connectivity index (χ1) is 7.15. The van der Waals surface area contributed by atoms with Crippen LogP contribution in [0.2, 0.25) is 5.02 Å². The molecular weight excluding hydrogens is 210 g/mol. The second-order valence-corrected chi connectivity index (χ2v) is 4.16. The van der Waals surface area contributed by atoms with E-state index in [9.17, 15) is 0 Å². The van der Waals surface area contributed by atoms with E-state index >= 15 is 0 Å². The molecule has 0 amide bonds. The summed E-state index contributed by atoms with van der Waals surface area (Å²) in [5.74, 6) is 0. The average molecular weight is 228 g/mol.